The van der Waals surface area contributed by atoms with Crippen molar-refractivity contribution >= 4 is 17.3 Å². The van der Waals surface area contributed by atoms with E-state index < -0.39 is 0 Å². The molecule has 1 saturated heterocycles. The van der Waals surface area contributed by atoms with Gasteiger partial charge in [0.2, 0.25) is 0 Å². The molecule has 2 rings (SSSR count). The quantitative estimate of drug-likeness (QED) is 0.530. The Kier molecular flexibility index (Phi) is 8.56. The molecule has 0 saturated carbocycles. The van der Waals surface area contributed by atoms with Crippen molar-refractivity contribution in [3.63, 3.8) is 0 Å². The molecule has 0 amide bonds. The summed E-state index contributed by atoms with van der Waals surface area (Å²) in [6.45, 7) is 11.4. The Balaban J connectivity index is 1.95. The van der Waals surface area contributed by atoms with Crippen molar-refractivity contribution in [2.75, 3.05) is 52.9 Å². The molecule has 1 aliphatic heterocycles. The number of likely N-dealkylation sites (N-methyl/N-ethyl adjacent to an activating group) is 1. The second kappa shape index (κ2) is 10.7. The minimum Gasteiger partial charge on any atom is -0.357 e. The number of nitrogens with zero attached hydrogens (tertiary/aromatic N) is 3. The number of aliphatic imine (C=N–C) groups is 1. The predicted octanol–water partition coefficient (Wildman–Crippen LogP) is 2.39. The molecule has 1 fully saturated rings. The summed E-state index contributed by atoms with van der Waals surface area (Å²) >= 11 is 1.85. The van der Waals surface area contributed by atoms with E-state index in [1.165, 1.54) is 30.8 Å². The molecule has 2 heterocycles. The van der Waals surface area contributed by atoms with Gasteiger partial charge in [0.1, 0.15) is 0 Å². The van der Waals surface area contributed by atoms with Gasteiger partial charge in [-0.15, -0.1) is 11.3 Å². The Hall–Kier alpha value is -1.11. The van der Waals surface area contributed by atoms with Crippen molar-refractivity contribution in [2.24, 2.45) is 4.99 Å². The van der Waals surface area contributed by atoms with Crippen molar-refractivity contribution < 1.29 is 0 Å². The van der Waals surface area contributed by atoms with Gasteiger partial charge in [-0.2, -0.15) is 0 Å². The van der Waals surface area contributed by atoms with Crippen LogP contribution < -0.4 is 10.6 Å². The number of likely N-dealkylation sites (tertiary alicyclic amines) is 1. The predicted molar refractivity (Wildman–Crippen MR) is 105 cm³/mol. The lowest BCUT2D eigenvalue weighted by atomic mass is 10.2. The first-order valence-corrected chi connectivity index (χ1v) is 10.1. The fourth-order valence-corrected chi connectivity index (χ4v) is 3.81. The van der Waals surface area contributed by atoms with E-state index in [2.05, 4.69) is 58.8 Å². The zero-order chi connectivity index (χ0) is 17.2. The first-order chi connectivity index (χ1) is 11.7. The van der Waals surface area contributed by atoms with Gasteiger partial charge in [0.25, 0.3) is 0 Å². The van der Waals surface area contributed by atoms with E-state index in [0.717, 1.165) is 38.7 Å². The molecule has 136 valence electrons. The van der Waals surface area contributed by atoms with Crippen LogP contribution in [0.2, 0.25) is 0 Å². The fourth-order valence-electron chi connectivity index (χ4n) is 2.96. The minimum atomic E-state index is 0.418. The molecule has 0 aliphatic carbocycles. The van der Waals surface area contributed by atoms with E-state index in [9.17, 15) is 0 Å². The second-order valence-corrected chi connectivity index (χ2v) is 7.30. The molecule has 0 radical (unpaired) electrons. The number of hydrogen-bond donors (Lipinski definition) is 2. The summed E-state index contributed by atoms with van der Waals surface area (Å²) in [5.74, 6) is 0.933. The van der Waals surface area contributed by atoms with Crippen molar-refractivity contribution in [2.45, 2.75) is 32.7 Å². The highest BCUT2D eigenvalue weighted by Gasteiger charge is 2.24. The lowest BCUT2D eigenvalue weighted by Gasteiger charge is -2.25. The van der Waals surface area contributed by atoms with Crippen LogP contribution >= 0.6 is 11.3 Å². The molecule has 1 aliphatic rings. The number of guanidine groups is 1. The summed E-state index contributed by atoms with van der Waals surface area (Å²) in [6.07, 6.45) is 2.63. The third-order valence-corrected chi connectivity index (χ3v) is 5.52. The lowest BCUT2D eigenvalue weighted by molar-refractivity contribution is 0.255. The van der Waals surface area contributed by atoms with E-state index in [1.807, 2.05) is 11.3 Å². The highest BCUT2D eigenvalue weighted by atomic mass is 32.1. The molecular weight excluding hydrogens is 318 g/mol. The summed E-state index contributed by atoms with van der Waals surface area (Å²) < 4.78 is 0. The van der Waals surface area contributed by atoms with Crippen LogP contribution in [0.25, 0.3) is 0 Å². The van der Waals surface area contributed by atoms with Crippen LogP contribution in [0.15, 0.2) is 22.5 Å². The normalized spacial score (nSPS) is 17.4. The standard InChI is InChI=1S/C18H33N5S/c1-4-19-18(20-10-13-22(3)5-2)21-15-16(17-9-8-14-24-17)23-11-6-7-12-23/h8-9,14,16H,4-7,10-13,15H2,1-3H3,(H2,19,20,21). The van der Waals surface area contributed by atoms with Crippen molar-refractivity contribution in [1.29, 1.82) is 0 Å². The van der Waals surface area contributed by atoms with Crippen molar-refractivity contribution in [3.8, 4) is 0 Å². The summed E-state index contributed by atoms with van der Waals surface area (Å²) in [6, 6.07) is 4.82. The van der Waals surface area contributed by atoms with E-state index in [0.29, 0.717) is 6.04 Å². The van der Waals surface area contributed by atoms with Crippen LogP contribution in [-0.4, -0.2) is 68.6 Å². The highest BCUT2D eigenvalue weighted by molar-refractivity contribution is 7.10. The molecule has 1 aromatic heterocycles. The van der Waals surface area contributed by atoms with Gasteiger partial charge in [-0.05, 0) is 57.9 Å². The SMILES string of the molecule is CCNC(=NCC(c1cccs1)N1CCCC1)NCCN(C)CC. The second-order valence-electron chi connectivity index (χ2n) is 6.32. The van der Waals surface area contributed by atoms with Crippen LogP contribution in [0.4, 0.5) is 0 Å². The van der Waals surface area contributed by atoms with Crippen LogP contribution in [0.1, 0.15) is 37.6 Å². The molecular formula is C18H33N5S. The Labute approximate surface area is 151 Å². The van der Waals surface area contributed by atoms with Crippen LogP contribution in [0.3, 0.4) is 0 Å². The van der Waals surface area contributed by atoms with Gasteiger partial charge in [-0.3, -0.25) is 9.89 Å². The highest BCUT2D eigenvalue weighted by Crippen LogP contribution is 2.28. The summed E-state index contributed by atoms with van der Waals surface area (Å²) in [5, 5.41) is 9.00. The molecule has 1 unspecified atom stereocenters. The van der Waals surface area contributed by atoms with E-state index in [1.54, 1.807) is 0 Å². The van der Waals surface area contributed by atoms with Crippen LogP contribution in [-0.2, 0) is 0 Å². The van der Waals surface area contributed by atoms with Gasteiger partial charge in [-0.1, -0.05) is 13.0 Å². The van der Waals surface area contributed by atoms with Gasteiger partial charge in [-0.25, -0.2) is 0 Å². The molecule has 0 spiro atoms. The Morgan fingerprint density at radius 2 is 2.12 bits per heavy atom. The van der Waals surface area contributed by atoms with Crippen molar-refractivity contribution in [1.82, 2.24) is 20.4 Å². The van der Waals surface area contributed by atoms with Gasteiger partial charge in [0.05, 0.1) is 12.6 Å². The molecule has 2 N–H and O–H groups in total. The van der Waals surface area contributed by atoms with Gasteiger partial charge in [0.15, 0.2) is 5.96 Å². The molecule has 5 nitrogen and oxygen atoms in total. The average molecular weight is 352 g/mol. The molecule has 24 heavy (non-hydrogen) atoms. The largest absolute Gasteiger partial charge is 0.357 e. The summed E-state index contributed by atoms with van der Waals surface area (Å²) in [7, 11) is 2.14. The molecule has 6 heteroatoms. The van der Waals surface area contributed by atoms with Gasteiger partial charge in [0, 0.05) is 24.5 Å². The van der Waals surface area contributed by atoms with Gasteiger partial charge < -0.3 is 15.5 Å². The number of rotatable bonds is 9. The maximum atomic E-state index is 4.88. The first-order valence-electron chi connectivity index (χ1n) is 9.22. The number of thiophene rings is 1. The lowest BCUT2D eigenvalue weighted by Crippen LogP contribution is -2.41. The smallest absolute Gasteiger partial charge is 0.191 e. The topological polar surface area (TPSA) is 42.9 Å². The maximum Gasteiger partial charge on any atom is 0.191 e. The molecule has 1 atom stereocenters. The Bertz CT molecular complexity index is 468. The van der Waals surface area contributed by atoms with E-state index in [4.69, 9.17) is 4.99 Å². The summed E-state index contributed by atoms with van der Waals surface area (Å²) in [5.41, 5.74) is 0. The third-order valence-electron chi connectivity index (χ3n) is 4.55. The molecule has 0 aromatic carbocycles. The molecule has 0 bridgehead atoms. The van der Waals surface area contributed by atoms with Crippen LogP contribution in [0.5, 0.6) is 0 Å². The van der Waals surface area contributed by atoms with E-state index >= 15 is 0 Å². The molecule has 1 aromatic rings. The maximum absolute atomic E-state index is 4.88. The fraction of sp³-hybridized carbons (Fsp3) is 0.722. The number of nitrogens with one attached hydrogen (secondary N) is 2. The van der Waals surface area contributed by atoms with E-state index in [-0.39, 0.29) is 0 Å². The third kappa shape index (κ3) is 6.07. The Morgan fingerprint density at radius 1 is 1.33 bits per heavy atom. The van der Waals surface area contributed by atoms with Crippen molar-refractivity contribution in [3.05, 3.63) is 22.4 Å². The number of hydrogen-bond acceptors (Lipinski definition) is 4. The Morgan fingerprint density at radius 3 is 2.75 bits per heavy atom. The summed E-state index contributed by atoms with van der Waals surface area (Å²) in [4.78, 5) is 11.2. The zero-order valence-corrected chi connectivity index (χ0v) is 16.2. The van der Waals surface area contributed by atoms with Crippen LogP contribution in [0, 0.1) is 0 Å². The minimum absolute atomic E-state index is 0.418. The first kappa shape index (κ1) is 19.2. The zero-order valence-electron chi connectivity index (χ0n) is 15.4. The average Bonchev–Trinajstić information content (AvgIpc) is 3.29. The van der Waals surface area contributed by atoms with Gasteiger partial charge >= 0.3 is 0 Å². The monoisotopic (exact) mass is 351 g/mol.